The van der Waals surface area contributed by atoms with Crippen LogP contribution in [0.3, 0.4) is 0 Å². The van der Waals surface area contributed by atoms with Crippen LogP contribution in [0.4, 0.5) is 0 Å². The van der Waals surface area contributed by atoms with Gasteiger partial charge in [-0.25, -0.2) is 0 Å². The maximum absolute atomic E-state index is 11.3. The molecule has 0 heterocycles. The number of hydrogen-bond acceptors (Lipinski definition) is 3. The predicted octanol–water partition coefficient (Wildman–Crippen LogP) is -0.179. The average molecular weight is 202 g/mol. The Morgan fingerprint density at radius 1 is 1.29 bits per heavy atom. The summed E-state index contributed by atoms with van der Waals surface area (Å²) in [6.07, 6.45) is 0. The Morgan fingerprint density at radius 3 is 2.29 bits per heavy atom. The molecule has 1 amide bonds. The van der Waals surface area contributed by atoms with Crippen molar-refractivity contribution in [2.45, 2.75) is 26.8 Å². The smallest absolute Gasteiger partial charge is 0.317 e. The number of carboxylic acid groups (broad SMARTS) is 1. The van der Waals surface area contributed by atoms with Crippen LogP contribution in [0, 0.1) is 5.92 Å². The van der Waals surface area contributed by atoms with Gasteiger partial charge in [0.2, 0.25) is 5.91 Å². The number of amides is 1. The second-order valence-electron chi connectivity index (χ2n) is 3.64. The first-order valence-electron chi connectivity index (χ1n) is 4.66. The molecule has 0 saturated heterocycles. The van der Waals surface area contributed by atoms with Crippen molar-refractivity contribution in [1.29, 1.82) is 0 Å². The van der Waals surface area contributed by atoms with E-state index in [1.54, 1.807) is 6.92 Å². The normalized spacial score (nSPS) is 12.6. The Labute approximate surface area is 83.9 Å². The molecule has 0 radical (unpaired) electrons. The lowest BCUT2D eigenvalue weighted by Gasteiger charge is -2.13. The van der Waals surface area contributed by atoms with Gasteiger partial charge in [0.05, 0.1) is 12.6 Å². The van der Waals surface area contributed by atoms with E-state index in [4.69, 9.17) is 5.11 Å². The number of rotatable bonds is 6. The molecule has 14 heavy (non-hydrogen) atoms. The standard InChI is InChI=1S/C9H18N2O3/c1-6(2)4-11-9(14)7(3)10-5-8(12)13/h6-7,10H,4-5H2,1-3H3,(H,11,14)(H,12,13). The Kier molecular flexibility index (Phi) is 5.87. The van der Waals surface area contributed by atoms with E-state index in [-0.39, 0.29) is 12.5 Å². The fourth-order valence-electron chi connectivity index (χ4n) is 0.791. The van der Waals surface area contributed by atoms with E-state index in [2.05, 4.69) is 10.6 Å². The molecule has 0 aliphatic rings. The molecule has 0 bridgehead atoms. The number of nitrogens with one attached hydrogen (secondary N) is 2. The van der Waals surface area contributed by atoms with Crippen LogP contribution in [0.2, 0.25) is 0 Å². The van der Waals surface area contributed by atoms with Crippen molar-refractivity contribution in [3.63, 3.8) is 0 Å². The van der Waals surface area contributed by atoms with Gasteiger partial charge in [-0.2, -0.15) is 0 Å². The first-order valence-corrected chi connectivity index (χ1v) is 4.66. The monoisotopic (exact) mass is 202 g/mol. The maximum Gasteiger partial charge on any atom is 0.317 e. The van der Waals surface area contributed by atoms with E-state index in [0.29, 0.717) is 12.5 Å². The van der Waals surface area contributed by atoms with E-state index in [1.807, 2.05) is 13.8 Å². The molecule has 82 valence electrons. The largest absolute Gasteiger partial charge is 0.480 e. The quantitative estimate of drug-likeness (QED) is 0.558. The summed E-state index contributed by atoms with van der Waals surface area (Å²) >= 11 is 0. The molecular weight excluding hydrogens is 184 g/mol. The zero-order valence-corrected chi connectivity index (χ0v) is 8.83. The number of aliphatic carboxylic acids is 1. The van der Waals surface area contributed by atoms with Gasteiger partial charge in [-0.05, 0) is 12.8 Å². The summed E-state index contributed by atoms with van der Waals surface area (Å²) in [5.41, 5.74) is 0. The SMILES string of the molecule is CC(C)CNC(=O)C(C)NCC(=O)O. The van der Waals surface area contributed by atoms with Gasteiger partial charge in [-0.15, -0.1) is 0 Å². The highest BCUT2D eigenvalue weighted by molar-refractivity contribution is 5.82. The lowest BCUT2D eigenvalue weighted by molar-refractivity contribution is -0.136. The minimum absolute atomic E-state index is 0.167. The third-order valence-corrected chi connectivity index (χ3v) is 1.64. The number of carbonyl (C=O) groups excluding carboxylic acids is 1. The first-order chi connectivity index (χ1) is 6.43. The Balaban J connectivity index is 3.70. The third kappa shape index (κ3) is 6.42. The van der Waals surface area contributed by atoms with Crippen LogP contribution in [0.25, 0.3) is 0 Å². The Hall–Kier alpha value is -1.10. The molecule has 1 unspecified atom stereocenters. The second kappa shape index (κ2) is 6.37. The summed E-state index contributed by atoms with van der Waals surface area (Å²) in [6.45, 7) is 6.04. The highest BCUT2D eigenvalue weighted by Crippen LogP contribution is 1.88. The number of carbonyl (C=O) groups is 2. The van der Waals surface area contributed by atoms with Crippen molar-refractivity contribution >= 4 is 11.9 Å². The molecule has 0 spiro atoms. The zero-order chi connectivity index (χ0) is 11.1. The van der Waals surface area contributed by atoms with Gasteiger partial charge in [-0.1, -0.05) is 13.8 Å². The molecule has 0 aromatic rings. The third-order valence-electron chi connectivity index (χ3n) is 1.64. The van der Waals surface area contributed by atoms with E-state index in [0.717, 1.165) is 0 Å². The van der Waals surface area contributed by atoms with Crippen LogP contribution < -0.4 is 10.6 Å². The highest BCUT2D eigenvalue weighted by atomic mass is 16.4. The van der Waals surface area contributed by atoms with Crippen LogP contribution in [0.15, 0.2) is 0 Å². The van der Waals surface area contributed by atoms with E-state index < -0.39 is 12.0 Å². The fourth-order valence-corrected chi connectivity index (χ4v) is 0.791. The van der Waals surface area contributed by atoms with Gasteiger partial charge in [0.1, 0.15) is 0 Å². The van der Waals surface area contributed by atoms with Gasteiger partial charge in [-0.3, -0.25) is 14.9 Å². The Morgan fingerprint density at radius 2 is 1.86 bits per heavy atom. The molecular formula is C9H18N2O3. The summed E-state index contributed by atoms with van der Waals surface area (Å²) in [5, 5.41) is 13.7. The minimum atomic E-state index is -0.964. The molecule has 0 aromatic heterocycles. The van der Waals surface area contributed by atoms with Gasteiger partial charge < -0.3 is 10.4 Å². The van der Waals surface area contributed by atoms with Crippen molar-refractivity contribution in [2.75, 3.05) is 13.1 Å². The number of carboxylic acids is 1. The van der Waals surface area contributed by atoms with Gasteiger partial charge in [0.25, 0.3) is 0 Å². The van der Waals surface area contributed by atoms with Gasteiger partial charge in [0.15, 0.2) is 0 Å². The van der Waals surface area contributed by atoms with Crippen LogP contribution in [-0.2, 0) is 9.59 Å². The maximum atomic E-state index is 11.3. The van der Waals surface area contributed by atoms with Crippen LogP contribution >= 0.6 is 0 Å². The first kappa shape index (κ1) is 12.9. The summed E-state index contributed by atoms with van der Waals surface area (Å²) in [5.74, 6) is -0.737. The lowest BCUT2D eigenvalue weighted by atomic mass is 10.2. The number of hydrogen-bond donors (Lipinski definition) is 3. The van der Waals surface area contributed by atoms with Crippen LogP contribution in [0.5, 0.6) is 0 Å². The second-order valence-corrected chi connectivity index (χ2v) is 3.64. The van der Waals surface area contributed by atoms with E-state index in [9.17, 15) is 9.59 Å². The average Bonchev–Trinajstić information content (AvgIpc) is 2.09. The molecule has 3 N–H and O–H groups in total. The molecule has 0 aromatic carbocycles. The topological polar surface area (TPSA) is 78.4 Å². The molecule has 1 atom stereocenters. The molecule has 0 aliphatic heterocycles. The highest BCUT2D eigenvalue weighted by Gasteiger charge is 2.12. The molecule has 0 saturated carbocycles. The van der Waals surface area contributed by atoms with Gasteiger partial charge >= 0.3 is 5.97 Å². The van der Waals surface area contributed by atoms with E-state index in [1.165, 1.54) is 0 Å². The summed E-state index contributed by atoms with van der Waals surface area (Å²) in [6, 6.07) is -0.468. The molecule has 5 heteroatoms. The van der Waals surface area contributed by atoms with Crippen molar-refractivity contribution < 1.29 is 14.7 Å². The minimum Gasteiger partial charge on any atom is -0.480 e. The van der Waals surface area contributed by atoms with Crippen LogP contribution in [-0.4, -0.2) is 36.1 Å². The summed E-state index contributed by atoms with van der Waals surface area (Å²) in [7, 11) is 0. The van der Waals surface area contributed by atoms with Crippen LogP contribution in [0.1, 0.15) is 20.8 Å². The van der Waals surface area contributed by atoms with Crippen molar-refractivity contribution in [1.82, 2.24) is 10.6 Å². The van der Waals surface area contributed by atoms with Gasteiger partial charge in [0, 0.05) is 6.54 Å². The summed E-state index contributed by atoms with van der Waals surface area (Å²) < 4.78 is 0. The van der Waals surface area contributed by atoms with Crippen molar-refractivity contribution in [2.24, 2.45) is 5.92 Å². The lowest BCUT2D eigenvalue weighted by Crippen LogP contribution is -2.44. The molecule has 5 nitrogen and oxygen atoms in total. The predicted molar refractivity (Wildman–Crippen MR) is 52.9 cm³/mol. The van der Waals surface area contributed by atoms with Crippen molar-refractivity contribution in [3.8, 4) is 0 Å². The molecule has 0 aliphatic carbocycles. The molecule has 0 rings (SSSR count). The zero-order valence-electron chi connectivity index (χ0n) is 8.83. The molecule has 0 fully saturated rings. The summed E-state index contributed by atoms with van der Waals surface area (Å²) in [4.78, 5) is 21.5. The van der Waals surface area contributed by atoms with E-state index >= 15 is 0 Å². The Bertz CT molecular complexity index is 204. The van der Waals surface area contributed by atoms with Crippen molar-refractivity contribution in [3.05, 3.63) is 0 Å². The fraction of sp³-hybridized carbons (Fsp3) is 0.778.